The third kappa shape index (κ3) is 3.53. The molecule has 1 unspecified atom stereocenters. The summed E-state index contributed by atoms with van der Waals surface area (Å²) < 4.78 is 5.76. The maximum atomic E-state index is 9.08. The molecule has 0 bridgehead atoms. The first kappa shape index (κ1) is 14.9. The van der Waals surface area contributed by atoms with E-state index in [4.69, 9.17) is 21.4 Å². The molecule has 0 fully saturated rings. The molecule has 0 aromatic heterocycles. The van der Waals surface area contributed by atoms with Gasteiger partial charge in [0.25, 0.3) is 0 Å². The zero-order chi connectivity index (χ0) is 14.5. The van der Waals surface area contributed by atoms with Crippen molar-refractivity contribution in [3.63, 3.8) is 0 Å². The molecular formula is C17H19ClO2. The van der Waals surface area contributed by atoms with Crippen LogP contribution >= 0.6 is 11.6 Å². The van der Waals surface area contributed by atoms with E-state index in [0.29, 0.717) is 22.3 Å². The predicted molar refractivity (Wildman–Crippen MR) is 82.6 cm³/mol. The summed E-state index contributed by atoms with van der Waals surface area (Å²) in [6.45, 7) is 4.33. The molecule has 1 atom stereocenters. The van der Waals surface area contributed by atoms with Gasteiger partial charge in [-0.15, -0.1) is 0 Å². The molecule has 2 aromatic rings. The Labute approximate surface area is 125 Å². The van der Waals surface area contributed by atoms with Gasteiger partial charge < -0.3 is 9.84 Å². The highest BCUT2D eigenvalue weighted by atomic mass is 35.5. The second kappa shape index (κ2) is 6.78. The monoisotopic (exact) mass is 290 g/mol. The molecule has 0 radical (unpaired) electrons. The lowest BCUT2D eigenvalue weighted by Crippen LogP contribution is -1.92. The van der Waals surface area contributed by atoms with Crippen LogP contribution < -0.4 is 4.74 Å². The van der Waals surface area contributed by atoms with E-state index in [-0.39, 0.29) is 6.61 Å². The highest BCUT2D eigenvalue weighted by molar-refractivity contribution is 6.31. The number of ether oxygens (including phenoxy) is 1. The van der Waals surface area contributed by atoms with Crippen molar-refractivity contribution >= 4 is 11.6 Å². The molecule has 1 N–H and O–H groups in total. The van der Waals surface area contributed by atoms with Crippen LogP contribution in [0.1, 0.15) is 37.3 Å². The van der Waals surface area contributed by atoms with Gasteiger partial charge in [-0.1, -0.05) is 43.6 Å². The second-order valence-corrected chi connectivity index (χ2v) is 5.30. The molecule has 2 nitrogen and oxygen atoms in total. The van der Waals surface area contributed by atoms with Crippen LogP contribution in [0.25, 0.3) is 0 Å². The largest absolute Gasteiger partial charge is 0.457 e. The van der Waals surface area contributed by atoms with E-state index in [1.54, 1.807) is 18.2 Å². The van der Waals surface area contributed by atoms with Crippen LogP contribution in [0.5, 0.6) is 11.5 Å². The van der Waals surface area contributed by atoms with E-state index in [1.807, 2.05) is 12.1 Å². The molecule has 0 aliphatic rings. The SMILES string of the molecule is CCC(C)c1ccc(Oc2ccc(CO)c(Cl)c2)cc1. The average molecular weight is 291 g/mol. The summed E-state index contributed by atoms with van der Waals surface area (Å²) in [5, 5.41) is 9.59. The Morgan fingerprint density at radius 2 is 1.75 bits per heavy atom. The molecule has 106 valence electrons. The van der Waals surface area contributed by atoms with Gasteiger partial charge >= 0.3 is 0 Å². The number of hydrogen-bond donors (Lipinski definition) is 1. The number of hydrogen-bond acceptors (Lipinski definition) is 2. The molecule has 0 aliphatic heterocycles. The summed E-state index contributed by atoms with van der Waals surface area (Å²) in [6.07, 6.45) is 1.12. The lowest BCUT2D eigenvalue weighted by Gasteiger charge is -2.11. The number of benzene rings is 2. The normalized spacial score (nSPS) is 12.2. The number of rotatable bonds is 5. The van der Waals surface area contributed by atoms with Crippen molar-refractivity contribution in [3.05, 3.63) is 58.6 Å². The first-order valence-corrected chi connectivity index (χ1v) is 7.19. The summed E-state index contributed by atoms with van der Waals surface area (Å²) in [6, 6.07) is 13.4. The van der Waals surface area contributed by atoms with E-state index < -0.39 is 0 Å². The standard InChI is InChI=1S/C17H19ClO2/c1-3-12(2)13-4-7-15(8-5-13)20-16-9-6-14(11-19)17(18)10-16/h4-10,12,19H,3,11H2,1-2H3. The minimum atomic E-state index is -0.0667. The quantitative estimate of drug-likeness (QED) is 0.826. The van der Waals surface area contributed by atoms with Gasteiger partial charge in [-0.3, -0.25) is 0 Å². The van der Waals surface area contributed by atoms with Gasteiger partial charge in [0.05, 0.1) is 6.61 Å². The zero-order valence-corrected chi connectivity index (χ0v) is 12.5. The van der Waals surface area contributed by atoms with Gasteiger partial charge in [-0.2, -0.15) is 0 Å². The minimum absolute atomic E-state index is 0.0667. The molecule has 20 heavy (non-hydrogen) atoms. The van der Waals surface area contributed by atoms with Crippen molar-refractivity contribution in [1.82, 2.24) is 0 Å². The molecule has 2 rings (SSSR count). The smallest absolute Gasteiger partial charge is 0.128 e. The van der Waals surface area contributed by atoms with E-state index in [0.717, 1.165) is 12.2 Å². The van der Waals surface area contributed by atoms with Crippen molar-refractivity contribution in [2.24, 2.45) is 0 Å². The van der Waals surface area contributed by atoms with E-state index >= 15 is 0 Å². The van der Waals surface area contributed by atoms with Gasteiger partial charge in [0.1, 0.15) is 11.5 Å². The molecule has 0 amide bonds. The molecule has 0 saturated heterocycles. The summed E-state index contributed by atoms with van der Waals surface area (Å²) in [7, 11) is 0. The fourth-order valence-corrected chi connectivity index (χ4v) is 2.19. The number of halogens is 1. The zero-order valence-electron chi connectivity index (χ0n) is 11.8. The van der Waals surface area contributed by atoms with Crippen molar-refractivity contribution in [1.29, 1.82) is 0 Å². The van der Waals surface area contributed by atoms with E-state index in [1.165, 1.54) is 5.56 Å². The maximum absolute atomic E-state index is 9.08. The van der Waals surface area contributed by atoms with Crippen LogP contribution in [-0.2, 0) is 6.61 Å². The summed E-state index contributed by atoms with van der Waals surface area (Å²) >= 11 is 6.04. The van der Waals surface area contributed by atoms with Gasteiger partial charge in [0, 0.05) is 5.02 Å². The summed E-state index contributed by atoms with van der Waals surface area (Å²) in [4.78, 5) is 0. The van der Waals surface area contributed by atoms with Crippen LogP contribution in [0, 0.1) is 0 Å². The minimum Gasteiger partial charge on any atom is -0.457 e. The van der Waals surface area contributed by atoms with Crippen LogP contribution in [0.4, 0.5) is 0 Å². The van der Waals surface area contributed by atoms with Crippen LogP contribution in [0.15, 0.2) is 42.5 Å². The van der Waals surface area contributed by atoms with E-state index in [9.17, 15) is 0 Å². The Hall–Kier alpha value is -1.51. The number of aliphatic hydroxyl groups is 1. The Balaban J connectivity index is 2.12. The fourth-order valence-electron chi connectivity index (χ4n) is 1.96. The molecular weight excluding hydrogens is 272 g/mol. The number of aliphatic hydroxyl groups excluding tert-OH is 1. The lowest BCUT2D eigenvalue weighted by molar-refractivity contribution is 0.282. The van der Waals surface area contributed by atoms with Crippen LogP contribution in [0.3, 0.4) is 0 Å². The average Bonchev–Trinajstić information content (AvgIpc) is 2.47. The van der Waals surface area contributed by atoms with Gasteiger partial charge in [0.2, 0.25) is 0 Å². The first-order valence-electron chi connectivity index (χ1n) is 6.81. The van der Waals surface area contributed by atoms with Gasteiger partial charge in [0.15, 0.2) is 0 Å². The lowest BCUT2D eigenvalue weighted by atomic mass is 9.99. The van der Waals surface area contributed by atoms with Gasteiger partial charge in [-0.25, -0.2) is 0 Å². The Bertz CT molecular complexity index is 564. The second-order valence-electron chi connectivity index (χ2n) is 4.89. The van der Waals surface area contributed by atoms with Crippen molar-refractivity contribution < 1.29 is 9.84 Å². The van der Waals surface area contributed by atoms with Crippen LogP contribution in [-0.4, -0.2) is 5.11 Å². The molecule has 0 aliphatic carbocycles. The molecule has 3 heteroatoms. The maximum Gasteiger partial charge on any atom is 0.128 e. The highest BCUT2D eigenvalue weighted by Gasteiger charge is 2.05. The Morgan fingerprint density at radius 1 is 1.10 bits per heavy atom. The molecule has 0 saturated carbocycles. The Kier molecular flexibility index (Phi) is 5.05. The fraction of sp³-hybridized carbons (Fsp3) is 0.294. The topological polar surface area (TPSA) is 29.5 Å². The first-order chi connectivity index (χ1) is 9.63. The highest BCUT2D eigenvalue weighted by Crippen LogP contribution is 2.28. The van der Waals surface area contributed by atoms with Crippen molar-refractivity contribution in [2.45, 2.75) is 32.8 Å². The molecule has 2 aromatic carbocycles. The summed E-state index contributed by atoms with van der Waals surface area (Å²) in [5.41, 5.74) is 2.01. The third-order valence-electron chi connectivity index (χ3n) is 3.49. The van der Waals surface area contributed by atoms with E-state index in [2.05, 4.69) is 26.0 Å². The molecule has 0 heterocycles. The molecule has 0 spiro atoms. The summed E-state index contributed by atoms with van der Waals surface area (Å²) in [5.74, 6) is 2.01. The third-order valence-corrected chi connectivity index (χ3v) is 3.84. The van der Waals surface area contributed by atoms with Crippen molar-refractivity contribution in [2.75, 3.05) is 0 Å². The van der Waals surface area contributed by atoms with Crippen LogP contribution in [0.2, 0.25) is 5.02 Å². The predicted octanol–water partition coefficient (Wildman–Crippen LogP) is 5.14. The Morgan fingerprint density at radius 3 is 2.30 bits per heavy atom. The van der Waals surface area contributed by atoms with Gasteiger partial charge in [-0.05, 0) is 47.7 Å². The van der Waals surface area contributed by atoms with Crippen molar-refractivity contribution in [3.8, 4) is 11.5 Å².